The molecule has 1 aromatic carbocycles. The lowest BCUT2D eigenvalue weighted by molar-refractivity contribution is -0.149. The van der Waals surface area contributed by atoms with E-state index in [-0.39, 0.29) is 6.61 Å². The molecule has 0 bridgehead atoms. The third-order valence-corrected chi connectivity index (χ3v) is 2.55. The zero-order valence-corrected chi connectivity index (χ0v) is 9.98. The molecule has 0 amide bonds. The van der Waals surface area contributed by atoms with Crippen LogP contribution in [0.5, 0.6) is 0 Å². The molecule has 0 aliphatic heterocycles. The van der Waals surface area contributed by atoms with Crippen molar-refractivity contribution in [3.05, 3.63) is 48.3 Å². The Labute approximate surface area is 105 Å². The molecule has 0 aliphatic rings. The van der Waals surface area contributed by atoms with Crippen molar-refractivity contribution in [2.24, 2.45) is 0 Å². The van der Waals surface area contributed by atoms with Crippen molar-refractivity contribution in [2.75, 3.05) is 0 Å². The van der Waals surface area contributed by atoms with E-state index in [4.69, 9.17) is 9.84 Å². The molecule has 94 valence electrons. The smallest absolute Gasteiger partial charge is 0.332 e. The highest BCUT2D eigenvalue weighted by Gasteiger charge is 2.10. The Balaban J connectivity index is 1.98. The average molecular weight is 246 g/mol. The van der Waals surface area contributed by atoms with Crippen LogP contribution in [-0.4, -0.2) is 27.0 Å². The minimum absolute atomic E-state index is 0.285. The van der Waals surface area contributed by atoms with Crippen LogP contribution in [0.25, 0.3) is 5.69 Å². The van der Waals surface area contributed by atoms with Crippen LogP contribution in [0.15, 0.2) is 42.7 Å². The summed E-state index contributed by atoms with van der Waals surface area (Å²) in [5.74, 6) is -0.955. The number of hydrogen-bond acceptors (Lipinski definition) is 3. The molecule has 0 saturated heterocycles. The van der Waals surface area contributed by atoms with Gasteiger partial charge in [0.25, 0.3) is 0 Å². The van der Waals surface area contributed by atoms with Crippen molar-refractivity contribution in [3.8, 4) is 5.69 Å². The lowest BCUT2D eigenvalue weighted by atomic mass is 10.2. The van der Waals surface area contributed by atoms with Gasteiger partial charge in [-0.15, -0.1) is 0 Å². The molecular formula is C13H14N2O3. The van der Waals surface area contributed by atoms with Crippen molar-refractivity contribution < 1.29 is 14.6 Å². The van der Waals surface area contributed by atoms with E-state index in [1.165, 1.54) is 6.92 Å². The predicted molar refractivity (Wildman–Crippen MR) is 65.5 cm³/mol. The maximum absolute atomic E-state index is 10.6. The molecule has 0 radical (unpaired) electrons. The van der Waals surface area contributed by atoms with Crippen LogP contribution < -0.4 is 0 Å². The van der Waals surface area contributed by atoms with Gasteiger partial charge in [-0.25, -0.2) is 9.48 Å². The second-order valence-electron chi connectivity index (χ2n) is 3.91. The highest BCUT2D eigenvalue weighted by Crippen LogP contribution is 2.10. The molecule has 18 heavy (non-hydrogen) atoms. The Morgan fingerprint density at radius 3 is 2.72 bits per heavy atom. The fourth-order valence-corrected chi connectivity index (χ4v) is 1.46. The van der Waals surface area contributed by atoms with Crippen LogP contribution in [0.2, 0.25) is 0 Å². The summed E-state index contributed by atoms with van der Waals surface area (Å²) in [6.07, 6.45) is 2.78. The highest BCUT2D eigenvalue weighted by molar-refractivity contribution is 5.71. The van der Waals surface area contributed by atoms with Crippen molar-refractivity contribution in [1.82, 2.24) is 9.78 Å². The summed E-state index contributed by atoms with van der Waals surface area (Å²) in [5.41, 5.74) is 1.88. The molecule has 1 N–H and O–H groups in total. The molecule has 1 aromatic heterocycles. The summed E-state index contributed by atoms with van der Waals surface area (Å²) >= 11 is 0. The molecule has 0 fully saturated rings. The van der Waals surface area contributed by atoms with Gasteiger partial charge < -0.3 is 9.84 Å². The van der Waals surface area contributed by atoms with E-state index in [9.17, 15) is 4.79 Å². The summed E-state index contributed by atoms with van der Waals surface area (Å²) in [7, 11) is 0. The zero-order valence-electron chi connectivity index (χ0n) is 9.98. The highest BCUT2D eigenvalue weighted by atomic mass is 16.5. The lowest BCUT2D eigenvalue weighted by Gasteiger charge is -2.09. The Morgan fingerprint density at radius 1 is 1.44 bits per heavy atom. The van der Waals surface area contributed by atoms with Crippen molar-refractivity contribution in [2.45, 2.75) is 19.6 Å². The summed E-state index contributed by atoms with van der Waals surface area (Å²) < 4.78 is 6.95. The van der Waals surface area contributed by atoms with Gasteiger partial charge in [0.1, 0.15) is 0 Å². The van der Waals surface area contributed by atoms with Crippen LogP contribution in [0.4, 0.5) is 0 Å². The van der Waals surface area contributed by atoms with Gasteiger partial charge >= 0.3 is 5.97 Å². The third kappa shape index (κ3) is 2.95. The van der Waals surface area contributed by atoms with E-state index in [1.807, 2.05) is 36.5 Å². The topological polar surface area (TPSA) is 64.4 Å². The summed E-state index contributed by atoms with van der Waals surface area (Å²) in [5, 5.41) is 12.8. The quantitative estimate of drug-likeness (QED) is 0.874. The van der Waals surface area contributed by atoms with Gasteiger partial charge in [-0.05, 0) is 30.7 Å². The van der Waals surface area contributed by atoms with Crippen molar-refractivity contribution in [3.63, 3.8) is 0 Å². The van der Waals surface area contributed by atoms with Crippen LogP contribution >= 0.6 is 0 Å². The van der Waals surface area contributed by atoms with E-state index in [1.54, 1.807) is 10.9 Å². The molecule has 0 saturated carbocycles. The van der Waals surface area contributed by atoms with Gasteiger partial charge in [0.15, 0.2) is 6.10 Å². The van der Waals surface area contributed by atoms with E-state index in [0.29, 0.717) is 0 Å². The lowest BCUT2D eigenvalue weighted by Crippen LogP contribution is -2.19. The first-order valence-electron chi connectivity index (χ1n) is 5.60. The number of carbonyl (C=O) groups is 1. The Morgan fingerprint density at radius 2 is 2.17 bits per heavy atom. The largest absolute Gasteiger partial charge is 0.479 e. The number of carboxylic acid groups (broad SMARTS) is 1. The predicted octanol–water partition coefficient (Wildman–Crippen LogP) is 1.86. The molecule has 1 heterocycles. The summed E-state index contributed by atoms with van der Waals surface area (Å²) in [6, 6.07) is 9.47. The number of aliphatic carboxylic acids is 1. The maximum atomic E-state index is 10.6. The van der Waals surface area contributed by atoms with Crippen LogP contribution in [0.3, 0.4) is 0 Å². The number of hydrogen-bond donors (Lipinski definition) is 1. The number of ether oxygens (including phenoxy) is 1. The molecule has 1 atom stereocenters. The first-order valence-corrected chi connectivity index (χ1v) is 5.60. The van der Waals surface area contributed by atoms with E-state index < -0.39 is 12.1 Å². The minimum atomic E-state index is -0.955. The second-order valence-corrected chi connectivity index (χ2v) is 3.91. The molecular weight excluding hydrogens is 232 g/mol. The molecule has 0 aliphatic carbocycles. The van der Waals surface area contributed by atoms with Crippen molar-refractivity contribution in [1.29, 1.82) is 0 Å². The Hall–Kier alpha value is -2.14. The molecule has 5 heteroatoms. The molecule has 5 nitrogen and oxygen atoms in total. The number of carboxylic acids is 1. The average Bonchev–Trinajstić information content (AvgIpc) is 2.90. The first-order chi connectivity index (χ1) is 8.66. The van der Waals surface area contributed by atoms with Gasteiger partial charge in [-0.1, -0.05) is 12.1 Å². The van der Waals surface area contributed by atoms with Crippen LogP contribution in [0, 0.1) is 0 Å². The van der Waals surface area contributed by atoms with Gasteiger partial charge in [0.2, 0.25) is 0 Å². The van der Waals surface area contributed by atoms with Gasteiger partial charge in [-0.3, -0.25) is 0 Å². The molecule has 2 aromatic rings. The molecule has 0 spiro atoms. The number of aromatic nitrogens is 2. The van der Waals surface area contributed by atoms with Crippen LogP contribution in [0.1, 0.15) is 12.5 Å². The normalized spacial score (nSPS) is 12.3. The SMILES string of the molecule is C[C@@H](OCc1ccc(-n2cccn2)cc1)C(=O)O. The van der Waals surface area contributed by atoms with E-state index in [0.717, 1.165) is 11.3 Å². The maximum Gasteiger partial charge on any atom is 0.332 e. The third-order valence-electron chi connectivity index (χ3n) is 2.55. The van der Waals surface area contributed by atoms with Crippen molar-refractivity contribution >= 4 is 5.97 Å². The van der Waals surface area contributed by atoms with E-state index >= 15 is 0 Å². The molecule has 0 unspecified atom stereocenters. The number of rotatable bonds is 5. The Bertz CT molecular complexity index is 506. The number of benzene rings is 1. The number of nitrogens with zero attached hydrogens (tertiary/aromatic N) is 2. The first kappa shape index (κ1) is 12.3. The minimum Gasteiger partial charge on any atom is -0.479 e. The summed E-state index contributed by atoms with van der Waals surface area (Å²) in [6.45, 7) is 1.80. The standard InChI is InChI=1S/C13H14N2O3/c1-10(13(16)17)18-9-11-3-5-12(6-4-11)15-8-2-7-14-15/h2-8,10H,9H2,1H3,(H,16,17)/t10-/m1/s1. The zero-order chi connectivity index (χ0) is 13.0. The van der Waals surface area contributed by atoms with E-state index in [2.05, 4.69) is 5.10 Å². The monoisotopic (exact) mass is 246 g/mol. The van der Waals surface area contributed by atoms with Gasteiger partial charge in [0.05, 0.1) is 12.3 Å². The van der Waals surface area contributed by atoms with Gasteiger partial charge in [0, 0.05) is 12.4 Å². The summed E-state index contributed by atoms with van der Waals surface area (Å²) in [4.78, 5) is 10.6. The van der Waals surface area contributed by atoms with Crippen LogP contribution in [-0.2, 0) is 16.1 Å². The van der Waals surface area contributed by atoms with Gasteiger partial charge in [-0.2, -0.15) is 5.10 Å². The Kier molecular flexibility index (Phi) is 3.74. The second kappa shape index (κ2) is 5.46. The fourth-order valence-electron chi connectivity index (χ4n) is 1.46. The molecule has 2 rings (SSSR count). The fraction of sp³-hybridized carbons (Fsp3) is 0.231.